The van der Waals surface area contributed by atoms with E-state index in [1.54, 1.807) is 0 Å². The molecule has 0 fully saturated rings. The molecule has 4 rings (SSSR count). The van der Waals surface area contributed by atoms with Gasteiger partial charge in [-0.25, -0.2) is 0 Å². The summed E-state index contributed by atoms with van der Waals surface area (Å²) in [5.41, 5.74) is 4.00. The zero-order valence-electron chi connectivity index (χ0n) is 9.47. The standard InChI is InChI=1S/C15H13NO/c1-3-7-13-11(5-1)9-15-16(13)10-12-6-2-4-8-14(12)17-15/h1-8,15H,9-10H2. The molecule has 2 heterocycles. The zero-order valence-corrected chi connectivity index (χ0v) is 9.47. The van der Waals surface area contributed by atoms with Crippen molar-refractivity contribution in [1.82, 2.24) is 0 Å². The van der Waals surface area contributed by atoms with Gasteiger partial charge in [0.1, 0.15) is 5.75 Å². The van der Waals surface area contributed by atoms with E-state index in [1.165, 1.54) is 16.8 Å². The van der Waals surface area contributed by atoms with Crippen molar-refractivity contribution in [2.24, 2.45) is 0 Å². The molecule has 1 unspecified atom stereocenters. The van der Waals surface area contributed by atoms with Crippen LogP contribution in [0.1, 0.15) is 11.1 Å². The van der Waals surface area contributed by atoms with Gasteiger partial charge in [-0.05, 0) is 17.7 Å². The third-order valence-corrected chi connectivity index (χ3v) is 3.62. The Bertz CT molecular complexity index is 573. The topological polar surface area (TPSA) is 12.5 Å². The van der Waals surface area contributed by atoms with Crippen molar-refractivity contribution in [3.63, 3.8) is 0 Å². The molecule has 2 heteroatoms. The average molecular weight is 223 g/mol. The van der Waals surface area contributed by atoms with Crippen molar-refractivity contribution in [1.29, 1.82) is 0 Å². The molecule has 1 atom stereocenters. The predicted molar refractivity (Wildman–Crippen MR) is 67.2 cm³/mol. The van der Waals surface area contributed by atoms with Crippen molar-refractivity contribution in [2.75, 3.05) is 4.90 Å². The molecule has 2 nitrogen and oxygen atoms in total. The van der Waals surface area contributed by atoms with Gasteiger partial charge in [-0.1, -0.05) is 36.4 Å². The van der Waals surface area contributed by atoms with E-state index < -0.39 is 0 Å². The Labute approximate surface area is 100 Å². The lowest BCUT2D eigenvalue weighted by atomic mass is 10.1. The van der Waals surface area contributed by atoms with E-state index in [2.05, 4.69) is 47.4 Å². The summed E-state index contributed by atoms with van der Waals surface area (Å²) in [6.45, 7) is 0.956. The first kappa shape index (κ1) is 9.11. The molecule has 0 amide bonds. The average Bonchev–Trinajstić information content (AvgIpc) is 2.73. The molecule has 0 N–H and O–H groups in total. The second-order valence-electron chi connectivity index (χ2n) is 4.64. The van der Waals surface area contributed by atoms with E-state index in [0.717, 1.165) is 18.7 Å². The van der Waals surface area contributed by atoms with Crippen LogP contribution in [0.25, 0.3) is 0 Å². The number of anilines is 1. The fraction of sp³-hybridized carbons (Fsp3) is 0.200. The maximum Gasteiger partial charge on any atom is 0.176 e. The Balaban J connectivity index is 1.79. The van der Waals surface area contributed by atoms with Crippen LogP contribution in [0.5, 0.6) is 5.75 Å². The highest BCUT2D eigenvalue weighted by molar-refractivity contribution is 5.60. The van der Waals surface area contributed by atoms with E-state index in [9.17, 15) is 0 Å². The number of fused-ring (bicyclic) bond motifs is 4. The van der Waals surface area contributed by atoms with Crippen LogP contribution in [0, 0.1) is 0 Å². The van der Waals surface area contributed by atoms with Crippen LogP contribution in [0.15, 0.2) is 48.5 Å². The highest BCUT2D eigenvalue weighted by Gasteiger charge is 2.34. The van der Waals surface area contributed by atoms with Gasteiger partial charge < -0.3 is 9.64 Å². The predicted octanol–water partition coefficient (Wildman–Crippen LogP) is 2.97. The molecule has 2 aromatic carbocycles. The van der Waals surface area contributed by atoms with E-state index in [0.29, 0.717) is 0 Å². The molecule has 2 aliphatic heterocycles. The Morgan fingerprint density at radius 3 is 2.65 bits per heavy atom. The number of benzene rings is 2. The first-order valence-electron chi connectivity index (χ1n) is 6.01. The minimum atomic E-state index is 0.183. The van der Waals surface area contributed by atoms with Crippen molar-refractivity contribution < 1.29 is 4.74 Å². The van der Waals surface area contributed by atoms with Gasteiger partial charge in [-0.15, -0.1) is 0 Å². The molecular weight excluding hydrogens is 210 g/mol. The smallest absolute Gasteiger partial charge is 0.176 e. The SMILES string of the molecule is c1ccc2c(c1)CN1c3ccccc3CC1O2. The molecule has 0 saturated carbocycles. The molecule has 2 aliphatic rings. The number of rotatable bonds is 0. The highest BCUT2D eigenvalue weighted by atomic mass is 16.5. The summed E-state index contributed by atoms with van der Waals surface area (Å²) in [7, 11) is 0. The molecule has 0 saturated heterocycles. The lowest BCUT2D eigenvalue weighted by molar-refractivity contribution is 0.186. The van der Waals surface area contributed by atoms with E-state index in [-0.39, 0.29) is 6.23 Å². The van der Waals surface area contributed by atoms with Gasteiger partial charge in [-0.3, -0.25) is 0 Å². The summed E-state index contributed by atoms with van der Waals surface area (Å²) in [5.74, 6) is 1.04. The maximum atomic E-state index is 6.06. The van der Waals surface area contributed by atoms with Crippen LogP contribution in [-0.2, 0) is 13.0 Å². The number of hydrogen-bond acceptors (Lipinski definition) is 2. The zero-order chi connectivity index (χ0) is 11.2. The van der Waals surface area contributed by atoms with Gasteiger partial charge >= 0.3 is 0 Å². The third-order valence-electron chi connectivity index (χ3n) is 3.62. The minimum absolute atomic E-state index is 0.183. The van der Waals surface area contributed by atoms with E-state index in [1.807, 2.05) is 6.07 Å². The summed E-state index contributed by atoms with van der Waals surface area (Å²) >= 11 is 0. The monoisotopic (exact) mass is 223 g/mol. The van der Waals surface area contributed by atoms with E-state index >= 15 is 0 Å². The maximum absolute atomic E-state index is 6.06. The quantitative estimate of drug-likeness (QED) is 0.680. The summed E-state index contributed by atoms with van der Waals surface area (Å²) in [6.07, 6.45) is 1.17. The van der Waals surface area contributed by atoms with Gasteiger partial charge in [0, 0.05) is 17.7 Å². The molecule has 0 aromatic heterocycles. The molecule has 0 spiro atoms. The number of hydrogen-bond donors (Lipinski definition) is 0. The van der Waals surface area contributed by atoms with Crippen LogP contribution in [0.3, 0.4) is 0 Å². The molecule has 0 bridgehead atoms. The largest absolute Gasteiger partial charge is 0.470 e. The lowest BCUT2D eigenvalue weighted by Crippen LogP contribution is -2.39. The Hall–Kier alpha value is -1.96. The Kier molecular flexibility index (Phi) is 1.75. The van der Waals surface area contributed by atoms with Crippen LogP contribution < -0.4 is 9.64 Å². The minimum Gasteiger partial charge on any atom is -0.470 e. The van der Waals surface area contributed by atoms with Gasteiger partial charge in [0.2, 0.25) is 0 Å². The van der Waals surface area contributed by atoms with Crippen LogP contribution in [0.2, 0.25) is 0 Å². The molecule has 84 valence electrons. The Morgan fingerprint density at radius 2 is 1.71 bits per heavy atom. The molecular formula is C15H13NO. The Morgan fingerprint density at radius 1 is 0.941 bits per heavy atom. The van der Waals surface area contributed by atoms with Gasteiger partial charge in [0.25, 0.3) is 0 Å². The lowest BCUT2D eigenvalue weighted by Gasteiger charge is -2.33. The number of ether oxygens (including phenoxy) is 1. The van der Waals surface area contributed by atoms with Gasteiger partial charge in [0.15, 0.2) is 6.23 Å². The van der Waals surface area contributed by atoms with Crippen LogP contribution >= 0.6 is 0 Å². The van der Waals surface area contributed by atoms with Crippen molar-refractivity contribution in [3.05, 3.63) is 59.7 Å². The first-order valence-corrected chi connectivity index (χ1v) is 6.01. The number of nitrogens with zero attached hydrogens (tertiary/aromatic N) is 1. The third kappa shape index (κ3) is 1.27. The summed E-state index contributed by atoms with van der Waals surface area (Å²) < 4.78 is 6.06. The van der Waals surface area contributed by atoms with Gasteiger partial charge in [0.05, 0.1) is 6.54 Å². The second-order valence-corrected chi connectivity index (χ2v) is 4.64. The fourth-order valence-electron chi connectivity index (χ4n) is 2.79. The van der Waals surface area contributed by atoms with E-state index in [4.69, 9.17) is 4.74 Å². The van der Waals surface area contributed by atoms with Crippen molar-refractivity contribution in [3.8, 4) is 5.75 Å². The van der Waals surface area contributed by atoms with Crippen LogP contribution in [0.4, 0.5) is 5.69 Å². The molecule has 2 aromatic rings. The summed E-state index contributed by atoms with van der Waals surface area (Å²) in [5, 5.41) is 0. The molecule has 0 radical (unpaired) electrons. The van der Waals surface area contributed by atoms with Crippen LogP contribution in [-0.4, -0.2) is 6.23 Å². The summed E-state index contributed by atoms with van der Waals surface area (Å²) in [6, 6.07) is 16.9. The van der Waals surface area contributed by atoms with Crippen molar-refractivity contribution >= 4 is 5.69 Å². The first-order chi connectivity index (χ1) is 8.42. The number of para-hydroxylation sites is 2. The second kappa shape index (κ2) is 3.27. The normalized spacial score (nSPS) is 20.2. The fourth-order valence-corrected chi connectivity index (χ4v) is 2.79. The van der Waals surface area contributed by atoms with Crippen molar-refractivity contribution in [2.45, 2.75) is 19.2 Å². The molecule has 0 aliphatic carbocycles. The van der Waals surface area contributed by atoms with Gasteiger partial charge in [-0.2, -0.15) is 0 Å². The molecule has 17 heavy (non-hydrogen) atoms. The summed E-state index contributed by atoms with van der Waals surface area (Å²) in [4.78, 5) is 2.36. The highest BCUT2D eigenvalue weighted by Crippen LogP contribution is 2.39.